The molecule has 2 rings (SSSR count). The molecule has 0 saturated heterocycles. The molecule has 0 saturated carbocycles. The molecule has 0 aromatic heterocycles. The number of aryl methyl sites for hydroxylation is 1. The number of carbonyl (C=O) groups excluding carboxylic acids is 1. The average Bonchev–Trinajstić information content (AvgIpc) is 2.61. The lowest BCUT2D eigenvalue weighted by atomic mass is 10.2. The largest absolute Gasteiger partial charge is 0.352 e. The normalized spacial score (nSPS) is 12.4. The van der Waals surface area contributed by atoms with Crippen LogP contribution >= 0.6 is 11.6 Å². The monoisotopic (exact) mass is 408 g/mol. The maximum absolute atomic E-state index is 13.2. The van der Waals surface area contributed by atoms with Crippen LogP contribution in [0.1, 0.15) is 32.3 Å². The van der Waals surface area contributed by atoms with Crippen molar-refractivity contribution < 1.29 is 13.2 Å². The van der Waals surface area contributed by atoms with Gasteiger partial charge in [0.15, 0.2) is 0 Å². The number of nitrogens with one attached hydrogen (secondary N) is 1. The van der Waals surface area contributed by atoms with Crippen LogP contribution in [-0.2, 0) is 14.8 Å². The number of rotatable bonds is 8. The van der Waals surface area contributed by atoms with E-state index in [0.717, 1.165) is 22.7 Å². The lowest BCUT2D eigenvalue weighted by molar-refractivity contribution is -0.120. The van der Waals surface area contributed by atoms with Crippen LogP contribution in [0.3, 0.4) is 0 Å². The third-order valence-corrected chi connectivity index (χ3v) is 6.24. The van der Waals surface area contributed by atoms with Crippen LogP contribution < -0.4 is 9.62 Å². The molecule has 0 bridgehead atoms. The number of hydrogen-bond donors (Lipinski definition) is 1. The Balaban J connectivity index is 2.40. The Labute approximate surface area is 166 Å². The van der Waals surface area contributed by atoms with Gasteiger partial charge in [0.1, 0.15) is 6.54 Å². The van der Waals surface area contributed by atoms with Crippen LogP contribution in [0, 0.1) is 6.92 Å². The molecule has 0 spiro atoms. The quantitative estimate of drug-likeness (QED) is 0.713. The molecule has 1 amide bonds. The zero-order chi connectivity index (χ0) is 20.0. The molecule has 146 valence electrons. The first-order chi connectivity index (χ1) is 12.8. The smallest absolute Gasteiger partial charge is 0.264 e. The highest BCUT2D eigenvalue weighted by Crippen LogP contribution is 2.30. The zero-order valence-electron chi connectivity index (χ0n) is 15.8. The molecular formula is C20H25ClN2O3S. The van der Waals surface area contributed by atoms with Gasteiger partial charge in [0, 0.05) is 6.04 Å². The van der Waals surface area contributed by atoms with Gasteiger partial charge in [-0.2, -0.15) is 0 Å². The van der Waals surface area contributed by atoms with Crippen LogP contribution in [0.5, 0.6) is 0 Å². The van der Waals surface area contributed by atoms with Crippen LogP contribution in [0.2, 0.25) is 5.02 Å². The van der Waals surface area contributed by atoms with E-state index in [-0.39, 0.29) is 34.1 Å². The van der Waals surface area contributed by atoms with Crippen molar-refractivity contribution >= 4 is 33.2 Å². The summed E-state index contributed by atoms with van der Waals surface area (Å²) in [5.41, 5.74) is 1.22. The first-order valence-electron chi connectivity index (χ1n) is 8.89. The van der Waals surface area contributed by atoms with E-state index in [4.69, 9.17) is 11.6 Å². The first kappa shape index (κ1) is 21.3. The highest BCUT2D eigenvalue weighted by Gasteiger charge is 2.28. The second kappa shape index (κ2) is 9.24. The van der Waals surface area contributed by atoms with Crippen molar-refractivity contribution in [2.45, 2.75) is 44.6 Å². The number of anilines is 1. The maximum atomic E-state index is 13.2. The Kier molecular flexibility index (Phi) is 7.27. The Morgan fingerprint density at radius 3 is 2.37 bits per heavy atom. The van der Waals surface area contributed by atoms with Gasteiger partial charge in [0.2, 0.25) is 5.91 Å². The summed E-state index contributed by atoms with van der Waals surface area (Å²) in [7, 11) is -3.95. The van der Waals surface area contributed by atoms with E-state index in [9.17, 15) is 13.2 Å². The van der Waals surface area contributed by atoms with Crippen LogP contribution in [0.25, 0.3) is 0 Å². The second-order valence-corrected chi connectivity index (χ2v) is 8.80. The fourth-order valence-electron chi connectivity index (χ4n) is 2.75. The van der Waals surface area contributed by atoms with E-state index >= 15 is 0 Å². The lowest BCUT2D eigenvalue weighted by Crippen LogP contribution is -2.43. The molecule has 0 aliphatic rings. The fraction of sp³-hybridized carbons (Fsp3) is 0.350. The van der Waals surface area contributed by atoms with Gasteiger partial charge in [-0.1, -0.05) is 54.8 Å². The minimum atomic E-state index is -3.95. The summed E-state index contributed by atoms with van der Waals surface area (Å²) < 4.78 is 27.5. The van der Waals surface area contributed by atoms with E-state index < -0.39 is 10.0 Å². The summed E-state index contributed by atoms with van der Waals surface area (Å²) in [4.78, 5) is 12.6. The number of amides is 1. The van der Waals surface area contributed by atoms with Gasteiger partial charge >= 0.3 is 0 Å². The number of sulfonamides is 1. The van der Waals surface area contributed by atoms with Crippen molar-refractivity contribution in [2.75, 3.05) is 10.8 Å². The Hall–Kier alpha value is -2.05. The fourth-order valence-corrected chi connectivity index (χ4v) is 4.47. The number of para-hydroxylation sites is 1. The summed E-state index contributed by atoms with van der Waals surface area (Å²) in [5, 5.41) is 3.11. The minimum absolute atomic E-state index is 0.0299. The predicted octanol–water partition coefficient (Wildman–Crippen LogP) is 4.15. The van der Waals surface area contributed by atoms with E-state index in [2.05, 4.69) is 5.32 Å². The summed E-state index contributed by atoms with van der Waals surface area (Å²) in [6, 6.07) is 13.1. The van der Waals surface area contributed by atoms with Crippen LogP contribution in [-0.4, -0.2) is 26.9 Å². The molecule has 0 fully saturated rings. The molecular weight excluding hydrogens is 384 g/mol. The molecule has 0 aliphatic carbocycles. The minimum Gasteiger partial charge on any atom is -0.352 e. The molecule has 1 N–H and O–H groups in total. The lowest BCUT2D eigenvalue weighted by Gasteiger charge is -2.25. The highest BCUT2D eigenvalue weighted by atomic mass is 35.5. The van der Waals surface area contributed by atoms with Crippen molar-refractivity contribution in [1.82, 2.24) is 5.32 Å². The van der Waals surface area contributed by atoms with Crippen molar-refractivity contribution in [1.29, 1.82) is 0 Å². The van der Waals surface area contributed by atoms with Crippen molar-refractivity contribution in [3.8, 4) is 0 Å². The first-order valence-corrected chi connectivity index (χ1v) is 10.7. The van der Waals surface area contributed by atoms with E-state index in [1.807, 2.05) is 20.8 Å². The van der Waals surface area contributed by atoms with E-state index in [0.29, 0.717) is 0 Å². The predicted molar refractivity (Wildman–Crippen MR) is 110 cm³/mol. The van der Waals surface area contributed by atoms with Gasteiger partial charge in [-0.05, 0) is 44.5 Å². The average molecular weight is 409 g/mol. The van der Waals surface area contributed by atoms with Gasteiger partial charge in [-0.15, -0.1) is 0 Å². The molecule has 0 aliphatic heterocycles. The van der Waals surface area contributed by atoms with Gasteiger partial charge in [0.25, 0.3) is 10.0 Å². The zero-order valence-corrected chi connectivity index (χ0v) is 17.3. The summed E-state index contributed by atoms with van der Waals surface area (Å²) in [6.45, 7) is 5.47. The molecule has 0 heterocycles. The SMILES string of the molecule is CCC[C@@H](C)NC(=O)CN(c1ccccc1Cl)S(=O)(=O)c1ccc(C)cc1. The number of carbonyl (C=O) groups is 1. The summed E-state index contributed by atoms with van der Waals surface area (Å²) in [6.07, 6.45) is 1.75. The van der Waals surface area contributed by atoms with Crippen molar-refractivity contribution in [3.63, 3.8) is 0 Å². The third-order valence-electron chi connectivity index (χ3n) is 4.15. The van der Waals surface area contributed by atoms with Gasteiger partial charge in [-0.3, -0.25) is 9.10 Å². The topological polar surface area (TPSA) is 66.5 Å². The molecule has 0 radical (unpaired) electrons. The number of nitrogens with zero attached hydrogens (tertiary/aromatic N) is 1. The van der Waals surface area contributed by atoms with Gasteiger partial charge in [-0.25, -0.2) is 8.42 Å². The number of hydrogen-bond acceptors (Lipinski definition) is 3. The van der Waals surface area contributed by atoms with E-state index in [1.165, 1.54) is 12.1 Å². The molecule has 1 atom stereocenters. The third kappa shape index (κ3) is 5.47. The molecule has 2 aromatic carbocycles. The number of benzene rings is 2. The van der Waals surface area contributed by atoms with Crippen LogP contribution in [0.4, 0.5) is 5.69 Å². The maximum Gasteiger partial charge on any atom is 0.264 e. The highest BCUT2D eigenvalue weighted by molar-refractivity contribution is 7.92. The molecule has 27 heavy (non-hydrogen) atoms. The summed E-state index contributed by atoms with van der Waals surface area (Å²) >= 11 is 6.24. The Bertz CT molecular complexity index is 882. The summed E-state index contributed by atoms with van der Waals surface area (Å²) in [5.74, 6) is -0.369. The second-order valence-electron chi connectivity index (χ2n) is 6.53. The molecule has 5 nitrogen and oxygen atoms in total. The van der Waals surface area contributed by atoms with Crippen molar-refractivity contribution in [3.05, 3.63) is 59.1 Å². The molecule has 7 heteroatoms. The van der Waals surface area contributed by atoms with Crippen molar-refractivity contribution in [2.24, 2.45) is 0 Å². The number of halogens is 1. The van der Waals surface area contributed by atoms with E-state index in [1.54, 1.807) is 36.4 Å². The Morgan fingerprint density at radius 2 is 1.78 bits per heavy atom. The molecule has 0 unspecified atom stereocenters. The standard InChI is InChI=1S/C20H25ClN2O3S/c1-4-7-16(3)22-20(24)14-23(19-9-6-5-8-18(19)21)27(25,26)17-12-10-15(2)11-13-17/h5-6,8-13,16H,4,7,14H2,1-3H3,(H,22,24)/t16-/m1/s1. The Morgan fingerprint density at radius 1 is 1.15 bits per heavy atom. The molecule has 2 aromatic rings. The van der Waals surface area contributed by atoms with Crippen LogP contribution in [0.15, 0.2) is 53.4 Å². The van der Waals surface area contributed by atoms with Gasteiger partial charge in [0.05, 0.1) is 15.6 Å². The van der Waals surface area contributed by atoms with Gasteiger partial charge < -0.3 is 5.32 Å².